The average molecular weight is 139 g/mol. The van der Waals surface area contributed by atoms with Crippen LogP contribution in [-0.2, 0) is 0 Å². The third-order valence-electron chi connectivity index (χ3n) is 1.59. The van der Waals surface area contributed by atoms with Crippen molar-refractivity contribution in [3.05, 3.63) is 12.2 Å². The average Bonchev–Trinajstić information content (AvgIpc) is 1.98. The third-order valence-corrected chi connectivity index (χ3v) is 1.59. The van der Waals surface area contributed by atoms with E-state index in [-0.39, 0.29) is 0 Å². The number of unbranched alkanes of at least 4 members (excludes halogenated alkanes) is 1. The second kappa shape index (κ2) is 6.53. The molecule has 0 saturated carbocycles. The molecule has 0 amide bonds. The first-order chi connectivity index (χ1) is 4.81. The molecule has 1 nitrogen and oxygen atoms in total. The minimum absolute atomic E-state index is 0.700. The van der Waals surface area contributed by atoms with Gasteiger partial charge in [-0.05, 0) is 25.0 Å². The van der Waals surface area contributed by atoms with Crippen molar-refractivity contribution in [3.8, 4) is 0 Å². The van der Waals surface area contributed by atoms with E-state index in [0.29, 0.717) is 5.92 Å². The molecule has 0 saturated heterocycles. The van der Waals surface area contributed by atoms with E-state index in [0.717, 1.165) is 12.8 Å². The lowest BCUT2D eigenvalue weighted by atomic mass is 10.1. The molecule has 0 spiro atoms. The maximum absolute atomic E-state index is 6.77. The number of allylic oxidation sites excluding steroid dienone is 2. The summed E-state index contributed by atoms with van der Waals surface area (Å²) in [5.74, 6) is 0.700. The number of hydrogen-bond donors (Lipinski definition) is 1. The second-order valence-electron chi connectivity index (χ2n) is 2.60. The van der Waals surface area contributed by atoms with Crippen molar-refractivity contribution in [2.75, 3.05) is 0 Å². The predicted octanol–water partition coefficient (Wildman–Crippen LogP) is 3.02. The maximum Gasteiger partial charge on any atom is -0.00447 e. The Labute approximate surface area is 63.7 Å². The summed E-state index contributed by atoms with van der Waals surface area (Å²) in [7, 11) is 0. The standard InChI is InChI=1S/C9H17N/c1-3-9(2)7-5-4-6-8-10/h5,7-10H,3-4,6H2,1-2H3. The number of hydrogen-bond acceptors (Lipinski definition) is 1. The minimum atomic E-state index is 0.700. The number of nitrogens with one attached hydrogen (secondary N) is 1. The summed E-state index contributed by atoms with van der Waals surface area (Å²) in [5, 5.41) is 6.77. The lowest BCUT2D eigenvalue weighted by Gasteiger charge is -1.97. The van der Waals surface area contributed by atoms with E-state index >= 15 is 0 Å². The molecule has 0 heterocycles. The van der Waals surface area contributed by atoms with Gasteiger partial charge in [-0.25, -0.2) is 0 Å². The Morgan fingerprint density at radius 2 is 2.10 bits per heavy atom. The zero-order valence-corrected chi connectivity index (χ0v) is 6.93. The highest BCUT2D eigenvalue weighted by Gasteiger charge is 1.88. The molecule has 1 N–H and O–H groups in total. The van der Waals surface area contributed by atoms with E-state index in [1.165, 1.54) is 12.6 Å². The first-order valence-electron chi connectivity index (χ1n) is 3.96. The van der Waals surface area contributed by atoms with E-state index in [1.807, 2.05) is 0 Å². The van der Waals surface area contributed by atoms with Gasteiger partial charge in [-0.2, -0.15) is 0 Å². The van der Waals surface area contributed by atoms with Crippen LogP contribution in [0.5, 0.6) is 0 Å². The van der Waals surface area contributed by atoms with Crippen molar-refractivity contribution in [1.82, 2.24) is 0 Å². The lowest BCUT2D eigenvalue weighted by Crippen LogP contribution is -1.83. The molecule has 58 valence electrons. The van der Waals surface area contributed by atoms with Crippen LogP contribution in [0, 0.1) is 11.3 Å². The normalized spacial score (nSPS) is 13.8. The molecule has 10 heavy (non-hydrogen) atoms. The van der Waals surface area contributed by atoms with Crippen LogP contribution >= 0.6 is 0 Å². The van der Waals surface area contributed by atoms with Crippen molar-refractivity contribution in [2.45, 2.75) is 33.1 Å². The maximum atomic E-state index is 6.77. The Morgan fingerprint density at radius 3 is 2.60 bits per heavy atom. The van der Waals surface area contributed by atoms with Gasteiger partial charge in [-0.3, -0.25) is 0 Å². The first-order valence-corrected chi connectivity index (χ1v) is 3.96. The summed E-state index contributed by atoms with van der Waals surface area (Å²) >= 11 is 0. The Balaban J connectivity index is 3.26. The fraction of sp³-hybridized carbons (Fsp3) is 0.667. The van der Waals surface area contributed by atoms with Crippen molar-refractivity contribution in [2.24, 2.45) is 5.92 Å². The van der Waals surface area contributed by atoms with Crippen LogP contribution < -0.4 is 0 Å². The molecule has 1 heteroatoms. The predicted molar refractivity (Wildman–Crippen MR) is 46.6 cm³/mol. The third kappa shape index (κ3) is 5.54. The van der Waals surface area contributed by atoms with E-state index in [9.17, 15) is 0 Å². The molecule has 0 aliphatic rings. The first kappa shape index (κ1) is 9.41. The SMILES string of the molecule is CCC(C)C=CCCC=N. The van der Waals surface area contributed by atoms with Crippen molar-refractivity contribution in [3.63, 3.8) is 0 Å². The molecule has 0 aliphatic carbocycles. The Hall–Kier alpha value is -0.590. The summed E-state index contributed by atoms with van der Waals surface area (Å²) in [6.07, 6.45) is 8.96. The molecule has 0 aromatic carbocycles. The highest BCUT2D eigenvalue weighted by atomic mass is 14.3. The van der Waals surface area contributed by atoms with Crippen LogP contribution in [0.2, 0.25) is 0 Å². The van der Waals surface area contributed by atoms with Crippen LogP contribution in [0.1, 0.15) is 33.1 Å². The molecule has 0 aromatic heterocycles. The fourth-order valence-corrected chi connectivity index (χ4v) is 0.644. The second-order valence-corrected chi connectivity index (χ2v) is 2.60. The monoisotopic (exact) mass is 139 g/mol. The smallest absolute Gasteiger partial charge is 0.00447 e. The summed E-state index contributed by atoms with van der Waals surface area (Å²) < 4.78 is 0. The van der Waals surface area contributed by atoms with Crippen molar-refractivity contribution >= 4 is 6.21 Å². The largest absolute Gasteiger partial charge is 0.313 e. The van der Waals surface area contributed by atoms with E-state index < -0.39 is 0 Å². The van der Waals surface area contributed by atoms with Gasteiger partial charge in [0.2, 0.25) is 0 Å². The van der Waals surface area contributed by atoms with Gasteiger partial charge in [0.15, 0.2) is 0 Å². The summed E-state index contributed by atoms with van der Waals surface area (Å²) in [6.45, 7) is 4.40. The van der Waals surface area contributed by atoms with Crippen LogP contribution in [0.25, 0.3) is 0 Å². The van der Waals surface area contributed by atoms with Crippen molar-refractivity contribution < 1.29 is 0 Å². The van der Waals surface area contributed by atoms with E-state index in [2.05, 4.69) is 26.0 Å². The Morgan fingerprint density at radius 1 is 1.40 bits per heavy atom. The lowest BCUT2D eigenvalue weighted by molar-refractivity contribution is 0.695. The highest BCUT2D eigenvalue weighted by molar-refractivity contribution is 5.52. The Bertz CT molecular complexity index is 105. The molecule has 1 unspecified atom stereocenters. The van der Waals surface area contributed by atoms with Crippen LogP contribution in [-0.4, -0.2) is 6.21 Å². The molecule has 0 radical (unpaired) electrons. The Kier molecular flexibility index (Phi) is 6.14. The molecule has 1 atom stereocenters. The molecule has 0 aliphatic heterocycles. The summed E-state index contributed by atoms with van der Waals surface area (Å²) in [5.41, 5.74) is 0. The molecular formula is C9H17N. The zero-order valence-electron chi connectivity index (χ0n) is 6.93. The van der Waals surface area contributed by atoms with Crippen LogP contribution in [0.4, 0.5) is 0 Å². The van der Waals surface area contributed by atoms with Gasteiger partial charge < -0.3 is 5.41 Å². The van der Waals surface area contributed by atoms with E-state index in [4.69, 9.17) is 5.41 Å². The van der Waals surface area contributed by atoms with Gasteiger partial charge >= 0.3 is 0 Å². The summed E-state index contributed by atoms with van der Waals surface area (Å²) in [4.78, 5) is 0. The van der Waals surface area contributed by atoms with Crippen LogP contribution in [0.3, 0.4) is 0 Å². The molecule has 0 rings (SSSR count). The molecule has 0 fully saturated rings. The van der Waals surface area contributed by atoms with E-state index in [1.54, 1.807) is 0 Å². The van der Waals surface area contributed by atoms with Crippen molar-refractivity contribution in [1.29, 1.82) is 5.41 Å². The van der Waals surface area contributed by atoms with Gasteiger partial charge in [0.25, 0.3) is 0 Å². The fourth-order valence-electron chi connectivity index (χ4n) is 0.644. The highest BCUT2D eigenvalue weighted by Crippen LogP contribution is 2.02. The topological polar surface area (TPSA) is 23.9 Å². The molecule has 0 bridgehead atoms. The van der Waals surface area contributed by atoms with Gasteiger partial charge in [0.05, 0.1) is 0 Å². The van der Waals surface area contributed by atoms with Gasteiger partial charge in [-0.1, -0.05) is 32.4 Å². The minimum Gasteiger partial charge on any atom is -0.313 e. The zero-order chi connectivity index (χ0) is 7.82. The quantitative estimate of drug-likeness (QED) is 0.344. The summed E-state index contributed by atoms with van der Waals surface area (Å²) in [6, 6.07) is 0. The van der Waals surface area contributed by atoms with Gasteiger partial charge in [0, 0.05) is 0 Å². The molecular weight excluding hydrogens is 122 g/mol. The van der Waals surface area contributed by atoms with Gasteiger partial charge in [-0.15, -0.1) is 0 Å². The number of rotatable bonds is 5. The van der Waals surface area contributed by atoms with Crippen LogP contribution in [0.15, 0.2) is 12.2 Å². The van der Waals surface area contributed by atoms with Gasteiger partial charge in [0.1, 0.15) is 0 Å². The molecule has 0 aromatic rings.